The number of nitrogens with zero attached hydrogens (tertiary/aromatic N) is 1. The van der Waals surface area contributed by atoms with Gasteiger partial charge in [-0.15, -0.1) is 0 Å². The Labute approximate surface area is 130 Å². The van der Waals surface area contributed by atoms with E-state index in [1.54, 1.807) is 0 Å². The Bertz CT molecular complexity index is 676. The molecule has 0 aliphatic carbocycles. The molecule has 0 saturated carbocycles. The average molecular weight is 293 g/mol. The molecule has 0 unspecified atom stereocenters. The predicted octanol–water partition coefficient (Wildman–Crippen LogP) is 3.11. The molecule has 1 fully saturated rings. The molecule has 1 saturated heterocycles. The first kappa shape index (κ1) is 14.5. The molecule has 3 rings (SSSR count). The van der Waals surface area contributed by atoms with Gasteiger partial charge in [0.1, 0.15) is 0 Å². The van der Waals surface area contributed by atoms with Gasteiger partial charge in [-0.2, -0.15) is 0 Å². The van der Waals surface area contributed by atoms with E-state index in [0.29, 0.717) is 19.4 Å². The maximum Gasteiger partial charge on any atom is 0.233 e. The topological polar surface area (TPSA) is 37.4 Å². The molecule has 3 heteroatoms. The van der Waals surface area contributed by atoms with Gasteiger partial charge in [-0.1, -0.05) is 60.2 Å². The Morgan fingerprint density at radius 1 is 0.955 bits per heavy atom. The minimum Gasteiger partial charge on any atom is -0.278 e. The zero-order chi connectivity index (χ0) is 15.5. The van der Waals surface area contributed by atoms with E-state index < -0.39 is 0 Å². The summed E-state index contributed by atoms with van der Waals surface area (Å²) in [5, 5.41) is 0. The third-order valence-electron chi connectivity index (χ3n) is 4.12. The lowest BCUT2D eigenvalue weighted by Crippen LogP contribution is -2.30. The summed E-state index contributed by atoms with van der Waals surface area (Å²) in [6.07, 6.45) is 0.954. The number of rotatable bonds is 4. The maximum atomic E-state index is 12.5. The zero-order valence-electron chi connectivity index (χ0n) is 12.7. The first-order valence-electron chi connectivity index (χ1n) is 7.57. The van der Waals surface area contributed by atoms with Crippen molar-refractivity contribution in [2.75, 3.05) is 0 Å². The van der Waals surface area contributed by atoms with Crippen LogP contribution in [0.5, 0.6) is 0 Å². The van der Waals surface area contributed by atoms with E-state index in [-0.39, 0.29) is 17.7 Å². The number of hydrogen-bond acceptors (Lipinski definition) is 2. The van der Waals surface area contributed by atoms with E-state index in [2.05, 4.69) is 0 Å². The predicted molar refractivity (Wildman–Crippen MR) is 85.0 cm³/mol. The number of carbonyl (C=O) groups excluding carboxylic acids is 2. The molecule has 0 radical (unpaired) electrons. The standard InChI is InChI=1S/C19H19NO2/c1-14-7-9-15(10-8-14)11-17-12-18(21)20(19(17)22)13-16-5-3-2-4-6-16/h2-10,17H,11-13H2,1H3/t17-/m1/s1. The fourth-order valence-electron chi connectivity index (χ4n) is 2.85. The van der Waals surface area contributed by atoms with Crippen LogP contribution in [0.1, 0.15) is 23.1 Å². The lowest BCUT2D eigenvalue weighted by atomic mass is 9.97. The number of likely N-dealkylation sites (tertiary alicyclic amines) is 1. The van der Waals surface area contributed by atoms with Gasteiger partial charge in [0.05, 0.1) is 12.5 Å². The SMILES string of the molecule is Cc1ccc(C[C@@H]2CC(=O)N(Cc3ccccc3)C2=O)cc1. The Kier molecular flexibility index (Phi) is 4.05. The zero-order valence-corrected chi connectivity index (χ0v) is 12.7. The highest BCUT2D eigenvalue weighted by Crippen LogP contribution is 2.25. The van der Waals surface area contributed by atoms with Crippen molar-refractivity contribution in [3.63, 3.8) is 0 Å². The van der Waals surface area contributed by atoms with E-state index in [4.69, 9.17) is 0 Å². The molecule has 3 nitrogen and oxygen atoms in total. The van der Waals surface area contributed by atoms with Crippen LogP contribution in [0.25, 0.3) is 0 Å². The van der Waals surface area contributed by atoms with Crippen molar-refractivity contribution in [3.8, 4) is 0 Å². The number of hydrogen-bond donors (Lipinski definition) is 0. The number of aryl methyl sites for hydroxylation is 1. The van der Waals surface area contributed by atoms with Crippen LogP contribution in [-0.4, -0.2) is 16.7 Å². The molecule has 0 aromatic heterocycles. The van der Waals surface area contributed by atoms with Crippen LogP contribution in [0, 0.1) is 12.8 Å². The fourth-order valence-corrected chi connectivity index (χ4v) is 2.85. The van der Waals surface area contributed by atoms with Crippen LogP contribution in [0.2, 0.25) is 0 Å². The number of imide groups is 1. The van der Waals surface area contributed by atoms with E-state index in [1.807, 2.05) is 61.5 Å². The number of amides is 2. The van der Waals surface area contributed by atoms with Crippen molar-refractivity contribution < 1.29 is 9.59 Å². The van der Waals surface area contributed by atoms with Crippen molar-refractivity contribution in [1.29, 1.82) is 0 Å². The lowest BCUT2D eigenvalue weighted by molar-refractivity contribution is -0.140. The number of benzene rings is 2. The molecule has 112 valence electrons. The maximum absolute atomic E-state index is 12.5. The molecule has 2 aromatic rings. The monoisotopic (exact) mass is 293 g/mol. The Hall–Kier alpha value is -2.42. The van der Waals surface area contributed by atoms with E-state index in [9.17, 15) is 9.59 Å². The van der Waals surface area contributed by atoms with Gasteiger partial charge >= 0.3 is 0 Å². The third kappa shape index (κ3) is 3.08. The molecule has 0 bridgehead atoms. The van der Waals surface area contributed by atoms with Gasteiger partial charge in [0.2, 0.25) is 11.8 Å². The molecule has 0 spiro atoms. The van der Waals surface area contributed by atoms with Crippen molar-refractivity contribution in [2.24, 2.45) is 5.92 Å². The molecule has 2 aromatic carbocycles. The largest absolute Gasteiger partial charge is 0.278 e. The van der Waals surface area contributed by atoms with Crippen molar-refractivity contribution >= 4 is 11.8 Å². The van der Waals surface area contributed by atoms with E-state index >= 15 is 0 Å². The Balaban J connectivity index is 1.70. The summed E-state index contributed by atoms with van der Waals surface area (Å²) in [7, 11) is 0. The summed E-state index contributed by atoms with van der Waals surface area (Å²) < 4.78 is 0. The van der Waals surface area contributed by atoms with Crippen molar-refractivity contribution in [2.45, 2.75) is 26.3 Å². The molecule has 0 N–H and O–H groups in total. The highest BCUT2D eigenvalue weighted by Gasteiger charge is 2.38. The van der Waals surface area contributed by atoms with Crippen LogP contribution in [0.15, 0.2) is 54.6 Å². The minimum atomic E-state index is -0.223. The van der Waals surface area contributed by atoms with Gasteiger partial charge < -0.3 is 0 Å². The van der Waals surface area contributed by atoms with Crippen molar-refractivity contribution in [1.82, 2.24) is 4.90 Å². The fraction of sp³-hybridized carbons (Fsp3) is 0.263. The first-order valence-corrected chi connectivity index (χ1v) is 7.57. The van der Waals surface area contributed by atoms with Gasteiger partial charge in [0, 0.05) is 6.42 Å². The summed E-state index contributed by atoms with van der Waals surface area (Å²) in [5.41, 5.74) is 3.29. The molecule has 1 aliphatic rings. The Morgan fingerprint density at radius 3 is 2.32 bits per heavy atom. The summed E-state index contributed by atoms with van der Waals surface area (Å²) in [5.74, 6) is -0.334. The Morgan fingerprint density at radius 2 is 1.64 bits per heavy atom. The lowest BCUT2D eigenvalue weighted by Gasteiger charge is -2.15. The second-order valence-corrected chi connectivity index (χ2v) is 5.89. The second kappa shape index (κ2) is 6.14. The molecular weight excluding hydrogens is 274 g/mol. The first-order chi connectivity index (χ1) is 10.6. The van der Waals surface area contributed by atoms with E-state index in [1.165, 1.54) is 10.5 Å². The van der Waals surface area contributed by atoms with Gasteiger partial charge in [-0.3, -0.25) is 14.5 Å². The average Bonchev–Trinajstić information content (AvgIpc) is 2.78. The van der Waals surface area contributed by atoms with Gasteiger partial charge in [-0.05, 0) is 24.5 Å². The number of carbonyl (C=O) groups is 2. The molecule has 1 aliphatic heterocycles. The summed E-state index contributed by atoms with van der Waals surface area (Å²) >= 11 is 0. The van der Waals surface area contributed by atoms with Crippen LogP contribution in [0.3, 0.4) is 0 Å². The smallest absolute Gasteiger partial charge is 0.233 e. The normalized spacial score (nSPS) is 18.0. The molecular formula is C19H19NO2. The van der Waals surface area contributed by atoms with E-state index in [0.717, 1.165) is 11.1 Å². The van der Waals surface area contributed by atoms with Crippen LogP contribution >= 0.6 is 0 Å². The summed E-state index contributed by atoms with van der Waals surface area (Å²) in [6, 6.07) is 17.8. The summed E-state index contributed by atoms with van der Waals surface area (Å²) in [4.78, 5) is 26.0. The van der Waals surface area contributed by atoms with Crippen molar-refractivity contribution in [3.05, 3.63) is 71.3 Å². The van der Waals surface area contributed by atoms with Crippen LogP contribution in [0.4, 0.5) is 0 Å². The molecule has 1 heterocycles. The quantitative estimate of drug-likeness (QED) is 0.812. The van der Waals surface area contributed by atoms with Gasteiger partial charge in [0.25, 0.3) is 0 Å². The molecule has 22 heavy (non-hydrogen) atoms. The highest BCUT2D eigenvalue weighted by molar-refractivity contribution is 6.03. The van der Waals surface area contributed by atoms with Crippen LogP contribution < -0.4 is 0 Å². The van der Waals surface area contributed by atoms with Gasteiger partial charge in [0.15, 0.2) is 0 Å². The summed E-state index contributed by atoms with van der Waals surface area (Å²) in [6.45, 7) is 2.42. The molecule has 1 atom stereocenters. The second-order valence-electron chi connectivity index (χ2n) is 5.89. The third-order valence-corrected chi connectivity index (χ3v) is 4.12. The molecule has 2 amide bonds. The van der Waals surface area contributed by atoms with Crippen LogP contribution in [-0.2, 0) is 22.6 Å². The highest BCUT2D eigenvalue weighted by atomic mass is 16.2. The van der Waals surface area contributed by atoms with Gasteiger partial charge in [-0.25, -0.2) is 0 Å². The minimum absolute atomic E-state index is 0.0468.